The number of hydrogen-bond acceptors (Lipinski definition) is 6. The molecule has 3 aromatic rings. The summed E-state index contributed by atoms with van der Waals surface area (Å²) < 4.78 is 10.8. The maximum atomic E-state index is 12.6. The number of anilines is 3. The summed E-state index contributed by atoms with van der Waals surface area (Å²) in [6.07, 6.45) is 3.68. The van der Waals surface area contributed by atoms with Crippen molar-refractivity contribution in [2.24, 2.45) is 0 Å². The number of rotatable bonds is 10. The average Bonchev–Trinajstić information content (AvgIpc) is 2.86. The molecule has 36 heavy (non-hydrogen) atoms. The number of amides is 2. The first-order valence-corrected chi connectivity index (χ1v) is 11.6. The maximum absolute atomic E-state index is 12.6. The van der Waals surface area contributed by atoms with Crippen LogP contribution in [0.4, 0.5) is 21.9 Å². The lowest BCUT2D eigenvalue weighted by Gasteiger charge is -2.19. The summed E-state index contributed by atoms with van der Waals surface area (Å²) in [5.41, 5.74) is 9.22. The Morgan fingerprint density at radius 1 is 1.06 bits per heavy atom. The second-order valence-electron chi connectivity index (χ2n) is 8.23. The number of benzene rings is 3. The lowest BCUT2D eigenvalue weighted by Crippen LogP contribution is -2.17. The number of unbranched alkanes of at least 4 members (excludes halogenated alkanes) is 1. The van der Waals surface area contributed by atoms with Crippen LogP contribution < -0.4 is 21.1 Å². The van der Waals surface area contributed by atoms with Gasteiger partial charge in [-0.25, -0.2) is 4.79 Å². The summed E-state index contributed by atoms with van der Waals surface area (Å²) in [4.78, 5) is 24.7. The molecule has 8 heteroatoms. The topological polar surface area (TPSA) is 123 Å². The van der Waals surface area contributed by atoms with Gasteiger partial charge in [0.1, 0.15) is 6.10 Å². The van der Waals surface area contributed by atoms with Crippen LogP contribution in [0.15, 0.2) is 78.9 Å². The van der Waals surface area contributed by atoms with Crippen molar-refractivity contribution in [2.75, 3.05) is 23.5 Å². The zero-order chi connectivity index (χ0) is 25.9. The van der Waals surface area contributed by atoms with Crippen LogP contribution >= 0.6 is 0 Å². The summed E-state index contributed by atoms with van der Waals surface area (Å²) in [7, 11) is 1.46. The highest BCUT2D eigenvalue weighted by Crippen LogP contribution is 2.32. The van der Waals surface area contributed by atoms with Gasteiger partial charge in [0.05, 0.1) is 18.5 Å². The third kappa shape index (κ3) is 7.80. The lowest BCUT2D eigenvalue weighted by molar-refractivity contribution is -0.111. The number of phenolic OH excluding ortho intramolecular Hbond substituents is 1. The minimum Gasteiger partial charge on any atom is -0.504 e. The van der Waals surface area contributed by atoms with Gasteiger partial charge >= 0.3 is 6.09 Å². The predicted octanol–water partition coefficient (Wildman–Crippen LogP) is 5.95. The van der Waals surface area contributed by atoms with Gasteiger partial charge in [0.15, 0.2) is 11.5 Å². The molecule has 5 N–H and O–H groups in total. The van der Waals surface area contributed by atoms with E-state index in [1.807, 2.05) is 19.1 Å². The minimum atomic E-state index is -0.612. The molecular formula is C28H31N3O5. The Labute approximate surface area is 210 Å². The van der Waals surface area contributed by atoms with Gasteiger partial charge in [-0.05, 0) is 74.2 Å². The Morgan fingerprint density at radius 3 is 2.50 bits per heavy atom. The normalized spacial score (nSPS) is 11.6. The summed E-state index contributed by atoms with van der Waals surface area (Å²) >= 11 is 0. The Hall–Kier alpha value is -4.46. The smallest absolute Gasteiger partial charge is 0.412 e. The van der Waals surface area contributed by atoms with Crippen molar-refractivity contribution in [2.45, 2.75) is 32.3 Å². The Kier molecular flexibility index (Phi) is 9.33. The van der Waals surface area contributed by atoms with E-state index in [9.17, 15) is 14.7 Å². The van der Waals surface area contributed by atoms with Gasteiger partial charge in [-0.3, -0.25) is 10.1 Å². The fraction of sp³-hybridized carbons (Fsp3) is 0.214. The van der Waals surface area contributed by atoms with E-state index in [1.165, 1.54) is 19.3 Å². The summed E-state index contributed by atoms with van der Waals surface area (Å²) in [6.45, 7) is 1.96. The number of nitrogen functional groups attached to an aromatic ring is 1. The third-order valence-electron chi connectivity index (χ3n) is 5.45. The SMILES string of the molecule is COc1ccc([C@@H](CCC/C=C/C(=O)Nc2ccccc2N)OC(=O)Nc2ccc(C)cc2)cc1O. The first kappa shape index (κ1) is 26.2. The van der Waals surface area contributed by atoms with Crippen LogP contribution in [0, 0.1) is 6.92 Å². The molecule has 0 aromatic heterocycles. The summed E-state index contributed by atoms with van der Waals surface area (Å²) in [5, 5.41) is 15.7. The van der Waals surface area contributed by atoms with Crippen molar-refractivity contribution in [3.05, 3.63) is 90.0 Å². The molecular weight excluding hydrogens is 458 g/mol. The second kappa shape index (κ2) is 12.9. The van der Waals surface area contributed by atoms with Crippen LogP contribution in [-0.4, -0.2) is 24.2 Å². The number of methoxy groups -OCH3 is 1. The highest BCUT2D eigenvalue weighted by atomic mass is 16.6. The maximum Gasteiger partial charge on any atom is 0.412 e. The van der Waals surface area contributed by atoms with E-state index in [0.29, 0.717) is 47.6 Å². The molecule has 3 rings (SSSR count). The minimum absolute atomic E-state index is 0.0423. The number of para-hydroxylation sites is 2. The van der Waals surface area contributed by atoms with E-state index in [4.69, 9.17) is 15.2 Å². The highest BCUT2D eigenvalue weighted by Gasteiger charge is 2.18. The van der Waals surface area contributed by atoms with Gasteiger partial charge in [-0.15, -0.1) is 0 Å². The molecule has 0 aliphatic rings. The van der Waals surface area contributed by atoms with Gasteiger partial charge in [-0.1, -0.05) is 42.0 Å². The van der Waals surface area contributed by atoms with Crippen LogP contribution in [0.1, 0.15) is 36.5 Å². The Balaban J connectivity index is 1.60. The van der Waals surface area contributed by atoms with Crippen molar-refractivity contribution in [1.82, 2.24) is 0 Å². The molecule has 0 saturated heterocycles. The second-order valence-corrected chi connectivity index (χ2v) is 8.23. The summed E-state index contributed by atoms with van der Waals surface area (Å²) in [6, 6.07) is 19.3. The number of aromatic hydroxyl groups is 1. The van der Waals surface area contributed by atoms with Crippen LogP contribution in [0.25, 0.3) is 0 Å². The number of ether oxygens (including phenoxy) is 2. The van der Waals surface area contributed by atoms with Gasteiger partial charge in [0, 0.05) is 5.69 Å². The number of nitrogens with two attached hydrogens (primary N) is 1. The van der Waals surface area contributed by atoms with Crippen molar-refractivity contribution < 1.29 is 24.2 Å². The molecule has 0 unspecified atom stereocenters. The number of carbonyl (C=O) groups excluding carboxylic acids is 2. The average molecular weight is 490 g/mol. The highest BCUT2D eigenvalue weighted by molar-refractivity contribution is 6.01. The molecule has 1 atom stereocenters. The first-order valence-electron chi connectivity index (χ1n) is 11.6. The number of nitrogens with one attached hydrogen (secondary N) is 2. The van der Waals surface area contributed by atoms with Crippen LogP contribution in [0.2, 0.25) is 0 Å². The largest absolute Gasteiger partial charge is 0.504 e. The van der Waals surface area contributed by atoms with Crippen molar-refractivity contribution in [3.63, 3.8) is 0 Å². The molecule has 0 aliphatic carbocycles. The number of phenols is 1. The standard InChI is InChI=1S/C28H31N3O5/c1-19-12-15-21(16-13-19)30-28(34)36-25(20-14-17-26(35-2)24(32)18-20)10-4-3-5-11-27(33)31-23-9-7-6-8-22(23)29/h5-9,11-18,25,32H,3-4,10,29H2,1-2H3,(H,30,34)(H,31,33)/b11-5+/t25-/m1/s1. The fourth-order valence-corrected chi connectivity index (χ4v) is 3.51. The first-order chi connectivity index (χ1) is 17.4. The quantitative estimate of drug-likeness (QED) is 0.159. The van der Waals surface area contributed by atoms with Crippen molar-refractivity contribution >= 4 is 29.1 Å². The number of hydrogen-bond donors (Lipinski definition) is 4. The zero-order valence-corrected chi connectivity index (χ0v) is 20.4. The Morgan fingerprint density at radius 2 is 1.81 bits per heavy atom. The van der Waals surface area contributed by atoms with Crippen molar-refractivity contribution in [1.29, 1.82) is 0 Å². The number of aryl methyl sites for hydroxylation is 1. The van der Waals surface area contributed by atoms with E-state index in [2.05, 4.69) is 10.6 Å². The van der Waals surface area contributed by atoms with Gasteiger partial charge in [0.25, 0.3) is 0 Å². The molecule has 0 saturated carbocycles. The van der Waals surface area contributed by atoms with Crippen LogP contribution in [0.3, 0.4) is 0 Å². The number of allylic oxidation sites excluding steroid dienone is 1. The molecule has 188 valence electrons. The lowest BCUT2D eigenvalue weighted by atomic mass is 10.0. The van der Waals surface area contributed by atoms with Gasteiger partial charge < -0.3 is 25.6 Å². The zero-order valence-electron chi connectivity index (χ0n) is 20.4. The van der Waals surface area contributed by atoms with Crippen LogP contribution in [0.5, 0.6) is 11.5 Å². The van der Waals surface area contributed by atoms with Gasteiger partial charge in [0.2, 0.25) is 5.91 Å². The van der Waals surface area contributed by atoms with Crippen molar-refractivity contribution in [3.8, 4) is 11.5 Å². The van der Waals surface area contributed by atoms with E-state index in [1.54, 1.807) is 54.6 Å². The molecule has 8 nitrogen and oxygen atoms in total. The monoisotopic (exact) mass is 489 g/mol. The third-order valence-corrected chi connectivity index (χ3v) is 5.45. The molecule has 0 fully saturated rings. The van der Waals surface area contributed by atoms with E-state index in [0.717, 1.165) is 5.56 Å². The molecule has 3 aromatic carbocycles. The van der Waals surface area contributed by atoms with E-state index in [-0.39, 0.29) is 11.7 Å². The molecule has 2 amide bonds. The van der Waals surface area contributed by atoms with Gasteiger partial charge in [-0.2, -0.15) is 0 Å². The van der Waals surface area contributed by atoms with E-state index < -0.39 is 12.2 Å². The molecule has 0 aliphatic heterocycles. The Bertz CT molecular complexity index is 1210. The molecule has 0 spiro atoms. The molecule has 0 bridgehead atoms. The van der Waals surface area contributed by atoms with E-state index >= 15 is 0 Å². The fourth-order valence-electron chi connectivity index (χ4n) is 3.51. The molecule has 0 heterocycles. The summed E-state index contributed by atoms with van der Waals surface area (Å²) in [5.74, 6) is 0.00662. The number of carbonyl (C=O) groups is 2. The van der Waals surface area contributed by atoms with Crippen LogP contribution in [-0.2, 0) is 9.53 Å². The predicted molar refractivity (Wildman–Crippen MR) is 141 cm³/mol. The molecule has 0 radical (unpaired) electrons.